The third-order valence-electron chi connectivity index (χ3n) is 4.34. The minimum atomic E-state index is -1.24. The summed E-state index contributed by atoms with van der Waals surface area (Å²) < 4.78 is 10.5. The third kappa shape index (κ3) is 4.72. The number of methoxy groups -OCH3 is 2. The minimum absolute atomic E-state index is 0.226. The highest BCUT2D eigenvalue weighted by Gasteiger charge is 2.32. The van der Waals surface area contributed by atoms with Gasteiger partial charge in [0.25, 0.3) is 5.91 Å². The average Bonchev–Trinajstić information content (AvgIpc) is 3.02. The van der Waals surface area contributed by atoms with Crippen molar-refractivity contribution in [2.45, 2.75) is 0 Å². The molecule has 0 bridgehead atoms. The molecule has 0 spiro atoms. The van der Waals surface area contributed by atoms with Gasteiger partial charge in [0.2, 0.25) is 0 Å². The Morgan fingerprint density at radius 2 is 1.94 bits per heavy atom. The van der Waals surface area contributed by atoms with Crippen LogP contribution in [0.3, 0.4) is 0 Å². The number of phenols is 1. The van der Waals surface area contributed by atoms with E-state index in [0.717, 1.165) is 5.56 Å². The van der Waals surface area contributed by atoms with Crippen LogP contribution in [-0.4, -0.2) is 52.9 Å². The van der Waals surface area contributed by atoms with Crippen molar-refractivity contribution < 1.29 is 29.3 Å². The predicted octanol–water partition coefficient (Wildman–Crippen LogP) is 3.90. The van der Waals surface area contributed by atoms with Crippen LogP contribution in [-0.2, 0) is 4.79 Å². The molecule has 1 aliphatic heterocycles. The van der Waals surface area contributed by atoms with E-state index in [-0.39, 0.29) is 18.0 Å². The van der Waals surface area contributed by atoms with Gasteiger partial charge in [-0.05, 0) is 47.7 Å². The first-order valence-corrected chi connectivity index (χ1v) is 9.89. The maximum Gasteiger partial charge on any atom is 0.339 e. The van der Waals surface area contributed by atoms with Crippen LogP contribution in [0.5, 0.6) is 17.2 Å². The molecule has 0 saturated carbocycles. The van der Waals surface area contributed by atoms with Crippen molar-refractivity contribution in [3.8, 4) is 17.2 Å². The van der Waals surface area contributed by atoms with Crippen molar-refractivity contribution in [2.24, 2.45) is 4.99 Å². The van der Waals surface area contributed by atoms with E-state index in [4.69, 9.17) is 14.6 Å². The van der Waals surface area contributed by atoms with Crippen LogP contribution < -0.4 is 9.47 Å². The number of ether oxygens (including phenoxy) is 2. The highest BCUT2D eigenvalue weighted by Crippen LogP contribution is 2.36. The summed E-state index contributed by atoms with van der Waals surface area (Å²) in [6.45, 7) is 3.93. The Labute approximate surface area is 183 Å². The Hall–Kier alpha value is -3.72. The molecule has 3 rings (SSSR count). The van der Waals surface area contributed by atoms with Crippen molar-refractivity contribution in [3.63, 3.8) is 0 Å². The number of aromatic hydroxyl groups is 1. The van der Waals surface area contributed by atoms with E-state index >= 15 is 0 Å². The Morgan fingerprint density at radius 1 is 1.19 bits per heavy atom. The van der Waals surface area contributed by atoms with Gasteiger partial charge in [-0.1, -0.05) is 12.1 Å². The quantitative estimate of drug-likeness (QED) is 0.496. The molecule has 0 aliphatic carbocycles. The number of carboxylic acid groups (broad SMARTS) is 1. The smallest absolute Gasteiger partial charge is 0.339 e. The first kappa shape index (κ1) is 22.0. The molecule has 1 heterocycles. The van der Waals surface area contributed by atoms with Gasteiger partial charge in [-0.2, -0.15) is 0 Å². The predicted molar refractivity (Wildman–Crippen MR) is 119 cm³/mol. The van der Waals surface area contributed by atoms with E-state index < -0.39 is 11.7 Å². The Bertz CT molecular complexity index is 1110. The molecule has 2 aromatic rings. The normalized spacial score (nSPS) is 16.1. The van der Waals surface area contributed by atoms with Crippen LogP contribution in [0, 0.1) is 0 Å². The van der Waals surface area contributed by atoms with Crippen LogP contribution >= 0.6 is 11.8 Å². The first-order chi connectivity index (χ1) is 14.9. The second-order valence-corrected chi connectivity index (χ2v) is 7.34. The van der Waals surface area contributed by atoms with Crippen LogP contribution in [0.25, 0.3) is 6.08 Å². The lowest BCUT2D eigenvalue weighted by Crippen LogP contribution is -2.29. The molecule has 1 fully saturated rings. The molecule has 0 unspecified atom stereocenters. The molecule has 0 atom stereocenters. The second kappa shape index (κ2) is 9.40. The van der Waals surface area contributed by atoms with Gasteiger partial charge in [0.1, 0.15) is 11.3 Å². The number of amides is 1. The summed E-state index contributed by atoms with van der Waals surface area (Å²) in [6.07, 6.45) is 3.30. The maximum atomic E-state index is 12.9. The molecular formula is C22H20N2O6S. The van der Waals surface area contributed by atoms with Gasteiger partial charge in [-0.15, -0.1) is 6.58 Å². The summed E-state index contributed by atoms with van der Waals surface area (Å²) in [5, 5.41) is 19.3. The number of nitrogens with zero attached hydrogens (tertiary/aromatic N) is 2. The molecule has 1 aliphatic rings. The fourth-order valence-corrected chi connectivity index (χ4v) is 3.86. The number of thioether (sulfide) groups is 1. The second-order valence-electron chi connectivity index (χ2n) is 6.33. The number of benzene rings is 2. The fraction of sp³-hybridized carbons (Fsp3) is 0.136. The number of carbonyl (C=O) groups excluding carboxylic acids is 1. The molecule has 0 radical (unpaired) electrons. The number of hydrogen-bond donors (Lipinski definition) is 2. The van der Waals surface area contributed by atoms with Gasteiger partial charge in [0, 0.05) is 12.6 Å². The Morgan fingerprint density at radius 3 is 2.55 bits per heavy atom. The van der Waals surface area contributed by atoms with Gasteiger partial charge >= 0.3 is 5.97 Å². The van der Waals surface area contributed by atoms with Gasteiger partial charge < -0.3 is 19.7 Å². The molecule has 2 aromatic carbocycles. The molecular weight excluding hydrogens is 420 g/mol. The largest absolute Gasteiger partial charge is 0.507 e. The van der Waals surface area contributed by atoms with Gasteiger partial charge in [0.05, 0.1) is 24.8 Å². The number of carbonyl (C=O) groups is 2. The zero-order chi connectivity index (χ0) is 22.5. The van der Waals surface area contributed by atoms with E-state index in [1.54, 1.807) is 37.5 Å². The first-order valence-electron chi connectivity index (χ1n) is 9.07. The lowest BCUT2D eigenvalue weighted by Gasteiger charge is -2.12. The van der Waals surface area contributed by atoms with Crippen molar-refractivity contribution >= 4 is 40.6 Å². The lowest BCUT2D eigenvalue weighted by atomic mass is 10.2. The molecule has 160 valence electrons. The number of amidine groups is 1. The number of aliphatic imine (C=N–C) groups is 1. The number of hydrogen-bond acceptors (Lipinski definition) is 7. The van der Waals surface area contributed by atoms with Crippen LogP contribution in [0.4, 0.5) is 5.69 Å². The van der Waals surface area contributed by atoms with Crippen molar-refractivity contribution in [3.05, 3.63) is 65.1 Å². The molecule has 2 N–H and O–H groups in total. The van der Waals surface area contributed by atoms with E-state index in [9.17, 15) is 14.7 Å². The molecule has 8 nitrogen and oxygen atoms in total. The highest BCUT2D eigenvalue weighted by molar-refractivity contribution is 8.18. The molecule has 1 amide bonds. The topological polar surface area (TPSA) is 109 Å². The highest BCUT2D eigenvalue weighted by atomic mass is 32.2. The summed E-state index contributed by atoms with van der Waals surface area (Å²) >= 11 is 1.17. The molecule has 31 heavy (non-hydrogen) atoms. The van der Waals surface area contributed by atoms with Crippen LogP contribution in [0.1, 0.15) is 15.9 Å². The SMILES string of the molecule is C=CCN1C(=O)/C(=C/c2ccc(OC)c(OC)c2)SC1=Nc1ccc(C(=O)O)c(O)c1. The van der Waals surface area contributed by atoms with Crippen LogP contribution in [0.15, 0.2) is 59.0 Å². The average molecular weight is 440 g/mol. The zero-order valence-corrected chi connectivity index (χ0v) is 17.7. The fourth-order valence-electron chi connectivity index (χ4n) is 2.86. The van der Waals surface area contributed by atoms with Gasteiger partial charge in [-0.25, -0.2) is 9.79 Å². The van der Waals surface area contributed by atoms with Crippen LogP contribution in [0.2, 0.25) is 0 Å². The molecule has 9 heteroatoms. The lowest BCUT2D eigenvalue weighted by molar-refractivity contribution is -0.121. The van der Waals surface area contributed by atoms with E-state index in [2.05, 4.69) is 11.6 Å². The van der Waals surface area contributed by atoms with Crippen molar-refractivity contribution in [1.82, 2.24) is 4.90 Å². The summed E-state index contributed by atoms with van der Waals surface area (Å²) in [5.41, 5.74) is 0.840. The monoisotopic (exact) mass is 440 g/mol. The molecule has 1 saturated heterocycles. The van der Waals surface area contributed by atoms with Gasteiger partial charge in [-0.3, -0.25) is 9.69 Å². The summed E-state index contributed by atoms with van der Waals surface area (Å²) in [6, 6.07) is 9.27. The maximum absolute atomic E-state index is 12.9. The number of carboxylic acids is 1. The van der Waals surface area contributed by atoms with Crippen molar-refractivity contribution in [2.75, 3.05) is 20.8 Å². The van der Waals surface area contributed by atoms with E-state index in [0.29, 0.717) is 27.3 Å². The minimum Gasteiger partial charge on any atom is -0.507 e. The summed E-state index contributed by atoms with van der Waals surface area (Å²) in [5.74, 6) is -0.770. The Kier molecular flexibility index (Phi) is 6.66. The van der Waals surface area contributed by atoms with Gasteiger partial charge in [0.15, 0.2) is 16.7 Å². The van der Waals surface area contributed by atoms with Crippen molar-refractivity contribution in [1.29, 1.82) is 0 Å². The molecule has 0 aromatic heterocycles. The Balaban J connectivity index is 1.96. The van der Waals surface area contributed by atoms with E-state index in [1.807, 2.05) is 0 Å². The number of aromatic carboxylic acids is 1. The summed E-state index contributed by atoms with van der Waals surface area (Å²) in [7, 11) is 3.08. The number of rotatable bonds is 7. The van der Waals surface area contributed by atoms with E-state index in [1.165, 1.54) is 42.0 Å². The zero-order valence-electron chi connectivity index (χ0n) is 16.9. The summed E-state index contributed by atoms with van der Waals surface area (Å²) in [4.78, 5) is 30.3. The third-order valence-corrected chi connectivity index (χ3v) is 5.35. The standard InChI is InChI=1S/C22H20N2O6S/c1-4-9-24-20(26)19(11-13-5-8-17(29-2)18(10-13)30-3)31-22(24)23-14-6-7-15(21(27)28)16(25)12-14/h4-8,10-12,25H,1,9H2,2-3H3,(H,27,28)/b19-11-,23-22?.